The molecule has 1 aliphatic heterocycles. The first-order valence-corrected chi connectivity index (χ1v) is 9.99. The molecule has 140 valence electrons. The monoisotopic (exact) mass is 367 g/mol. The van der Waals surface area contributed by atoms with Gasteiger partial charge in [0.15, 0.2) is 6.23 Å². The summed E-state index contributed by atoms with van der Waals surface area (Å²) in [6.07, 6.45) is -0.697. The third-order valence-electron chi connectivity index (χ3n) is 3.32. The van der Waals surface area contributed by atoms with Crippen LogP contribution in [0.3, 0.4) is 0 Å². The Kier molecular flexibility index (Phi) is 9.95. The molecule has 0 aromatic carbocycles. The maximum atomic E-state index is 11.2. The number of aliphatic hydroxyl groups is 2. The summed E-state index contributed by atoms with van der Waals surface area (Å²) in [6, 6.07) is -1.16. The molecule has 5 atom stereocenters. The molecule has 1 aliphatic rings. The lowest BCUT2D eigenvalue weighted by molar-refractivity contribution is -0.368. The number of hydrogen-bond acceptors (Lipinski definition) is 8. The summed E-state index contributed by atoms with van der Waals surface area (Å²) in [7, 11) is 1.90. The Bertz CT molecular complexity index is 398. The van der Waals surface area contributed by atoms with Crippen LogP contribution in [0.2, 0.25) is 0 Å². The van der Waals surface area contributed by atoms with Gasteiger partial charge in [0, 0.05) is 13.3 Å². The van der Waals surface area contributed by atoms with Gasteiger partial charge in [-0.1, -0.05) is 19.8 Å². The molecule has 5 unspecified atom stereocenters. The van der Waals surface area contributed by atoms with E-state index in [0.717, 1.165) is 31.0 Å². The number of hydroxylamine groups is 2. The van der Waals surface area contributed by atoms with Gasteiger partial charge in [0.25, 0.3) is 0 Å². The van der Waals surface area contributed by atoms with Crippen molar-refractivity contribution >= 4 is 15.4 Å². The van der Waals surface area contributed by atoms with Crippen molar-refractivity contribution in [2.75, 3.05) is 33.1 Å². The van der Waals surface area contributed by atoms with E-state index in [4.69, 9.17) is 31.6 Å². The Balaban J connectivity index is 2.41. The van der Waals surface area contributed by atoms with Crippen molar-refractivity contribution in [3.63, 3.8) is 0 Å². The Labute approximate surface area is 143 Å². The third-order valence-corrected chi connectivity index (χ3v) is 3.95. The molecule has 24 heavy (non-hydrogen) atoms. The van der Waals surface area contributed by atoms with Crippen molar-refractivity contribution in [2.24, 2.45) is 0 Å². The Morgan fingerprint density at radius 1 is 1.21 bits per heavy atom. The Morgan fingerprint density at radius 2 is 1.92 bits per heavy atom. The van der Waals surface area contributed by atoms with Crippen LogP contribution in [0.25, 0.3) is 0 Å². The first-order chi connectivity index (χ1) is 11.3. The highest BCUT2D eigenvalue weighted by Gasteiger charge is 2.41. The molecule has 0 saturated carbocycles. The standard InChI is InChI=1S/C13H27BNO8P/c1-3-4-5-6-20-7-8-21-15-12(16)10(9-22-24(2,18)19)23-11(14)13(15)17/h10-13,16-17H,3-9H2,1-2H3,(H,18,19). The molecule has 9 nitrogen and oxygen atoms in total. The number of unbranched alkanes of at least 4 members (excludes halogenated alkanes) is 2. The zero-order valence-electron chi connectivity index (χ0n) is 14.1. The first-order valence-electron chi connectivity index (χ1n) is 7.97. The molecule has 0 bridgehead atoms. The highest BCUT2D eigenvalue weighted by atomic mass is 31.2. The summed E-state index contributed by atoms with van der Waals surface area (Å²) in [5.74, 6) is 0. The van der Waals surface area contributed by atoms with Crippen LogP contribution in [-0.4, -0.2) is 85.7 Å². The molecular formula is C13H27BNO8P. The molecule has 3 N–H and O–H groups in total. The fraction of sp³-hybridized carbons (Fsp3) is 1.00. The predicted molar refractivity (Wildman–Crippen MR) is 86.3 cm³/mol. The normalized spacial score (nSPS) is 31.0. The van der Waals surface area contributed by atoms with Crippen LogP contribution in [0.4, 0.5) is 0 Å². The molecule has 1 fully saturated rings. The van der Waals surface area contributed by atoms with E-state index in [0.29, 0.717) is 6.61 Å². The molecule has 1 rings (SSSR count). The van der Waals surface area contributed by atoms with Crippen molar-refractivity contribution in [3.8, 4) is 0 Å². The van der Waals surface area contributed by atoms with Gasteiger partial charge >= 0.3 is 7.60 Å². The average molecular weight is 367 g/mol. The summed E-state index contributed by atoms with van der Waals surface area (Å²) in [4.78, 5) is 14.4. The molecule has 1 saturated heterocycles. The van der Waals surface area contributed by atoms with Gasteiger partial charge < -0.3 is 29.1 Å². The van der Waals surface area contributed by atoms with Crippen LogP contribution in [0, 0.1) is 0 Å². The molecule has 0 amide bonds. The Hall–Kier alpha value is -0.0251. The van der Waals surface area contributed by atoms with Crippen molar-refractivity contribution < 1.29 is 38.5 Å². The van der Waals surface area contributed by atoms with Crippen LogP contribution in [0.5, 0.6) is 0 Å². The van der Waals surface area contributed by atoms with Crippen LogP contribution in [0.15, 0.2) is 0 Å². The minimum Gasteiger partial charge on any atom is -0.379 e. The van der Waals surface area contributed by atoms with E-state index in [1.807, 2.05) is 0 Å². The van der Waals surface area contributed by atoms with E-state index in [9.17, 15) is 14.8 Å². The minimum atomic E-state index is -3.73. The molecule has 0 aromatic rings. The maximum Gasteiger partial charge on any atom is 0.325 e. The van der Waals surface area contributed by atoms with Gasteiger partial charge in [0.1, 0.15) is 20.2 Å². The maximum absolute atomic E-state index is 11.2. The molecular weight excluding hydrogens is 340 g/mol. The average Bonchev–Trinajstić information content (AvgIpc) is 2.50. The van der Waals surface area contributed by atoms with Gasteiger partial charge in [0.05, 0.1) is 25.8 Å². The molecule has 1 heterocycles. The summed E-state index contributed by atoms with van der Waals surface area (Å²) in [6.45, 7) is 3.75. The van der Waals surface area contributed by atoms with Gasteiger partial charge in [-0.2, -0.15) is 0 Å². The number of hydrogen-bond donors (Lipinski definition) is 3. The fourth-order valence-electron chi connectivity index (χ4n) is 2.06. The highest BCUT2D eigenvalue weighted by Crippen LogP contribution is 2.37. The van der Waals surface area contributed by atoms with E-state index in [1.165, 1.54) is 0 Å². The van der Waals surface area contributed by atoms with E-state index in [2.05, 4.69) is 6.92 Å². The van der Waals surface area contributed by atoms with Gasteiger partial charge in [-0.15, -0.1) is 5.06 Å². The van der Waals surface area contributed by atoms with Gasteiger partial charge in [-0.25, -0.2) is 0 Å². The van der Waals surface area contributed by atoms with Crippen molar-refractivity contribution in [1.29, 1.82) is 0 Å². The van der Waals surface area contributed by atoms with E-state index in [-0.39, 0.29) is 19.8 Å². The summed E-state index contributed by atoms with van der Waals surface area (Å²) < 4.78 is 26.4. The van der Waals surface area contributed by atoms with Crippen molar-refractivity contribution in [2.45, 2.75) is 50.7 Å². The second kappa shape index (κ2) is 10.9. The lowest BCUT2D eigenvalue weighted by Gasteiger charge is -2.43. The van der Waals surface area contributed by atoms with Gasteiger partial charge in [0.2, 0.25) is 0 Å². The smallest absolute Gasteiger partial charge is 0.325 e. The van der Waals surface area contributed by atoms with Crippen LogP contribution < -0.4 is 0 Å². The van der Waals surface area contributed by atoms with Crippen LogP contribution in [-0.2, 0) is 23.4 Å². The topological polar surface area (TPSA) is 118 Å². The van der Waals surface area contributed by atoms with E-state index >= 15 is 0 Å². The number of morpholine rings is 1. The number of ether oxygens (including phenoxy) is 2. The van der Waals surface area contributed by atoms with Gasteiger partial charge in [-0.3, -0.25) is 9.40 Å². The zero-order chi connectivity index (χ0) is 18.2. The van der Waals surface area contributed by atoms with Crippen LogP contribution in [0.1, 0.15) is 26.2 Å². The second-order valence-corrected chi connectivity index (χ2v) is 7.44. The van der Waals surface area contributed by atoms with E-state index in [1.54, 1.807) is 0 Å². The lowest BCUT2D eigenvalue weighted by atomic mass is 9.96. The number of nitrogens with zero attached hydrogens (tertiary/aromatic N) is 1. The quantitative estimate of drug-likeness (QED) is 0.259. The Morgan fingerprint density at radius 3 is 2.54 bits per heavy atom. The predicted octanol–water partition coefficient (Wildman–Crippen LogP) is -0.211. The largest absolute Gasteiger partial charge is 0.379 e. The molecule has 0 aliphatic carbocycles. The summed E-state index contributed by atoms with van der Waals surface area (Å²) >= 11 is 0. The summed E-state index contributed by atoms with van der Waals surface area (Å²) in [5, 5.41) is 21.0. The van der Waals surface area contributed by atoms with E-state index < -0.39 is 32.2 Å². The second-order valence-electron chi connectivity index (χ2n) is 5.58. The lowest BCUT2D eigenvalue weighted by Crippen LogP contribution is -2.62. The highest BCUT2D eigenvalue weighted by molar-refractivity contribution is 7.51. The van der Waals surface area contributed by atoms with Crippen LogP contribution >= 0.6 is 7.60 Å². The third kappa shape index (κ3) is 7.90. The zero-order valence-corrected chi connectivity index (χ0v) is 15.0. The SMILES string of the molecule is [B]C1OC(COP(C)(=O)O)C(O)N(OCCOCCCCC)C1O. The number of rotatable bonds is 11. The molecule has 0 spiro atoms. The molecule has 2 radical (unpaired) electrons. The molecule has 0 aromatic heterocycles. The van der Waals surface area contributed by atoms with Crippen molar-refractivity contribution in [1.82, 2.24) is 5.06 Å². The van der Waals surface area contributed by atoms with Gasteiger partial charge in [-0.05, 0) is 6.42 Å². The van der Waals surface area contributed by atoms with Crippen molar-refractivity contribution in [3.05, 3.63) is 0 Å². The fourth-order valence-corrected chi connectivity index (χ4v) is 2.48. The summed E-state index contributed by atoms with van der Waals surface area (Å²) in [5.41, 5.74) is 0. The first kappa shape index (κ1) is 22.0. The minimum absolute atomic E-state index is 0.104. The molecule has 11 heteroatoms. The number of aliphatic hydroxyl groups excluding tert-OH is 2.